The molecule has 0 aromatic carbocycles. The van der Waals surface area contributed by atoms with Gasteiger partial charge in [-0.05, 0) is 31.6 Å². The molecular formula is C14H29N3O2. The number of likely N-dealkylation sites (N-methyl/N-ethyl adjacent to an activating group) is 1. The van der Waals surface area contributed by atoms with E-state index in [4.69, 9.17) is 5.73 Å². The molecule has 0 unspecified atom stereocenters. The van der Waals surface area contributed by atoms with E-state index < -0.39 is 12.1 Å². The Morgan fingerprint density at radius 3 is 1.95 bits per heavy atom. The Kier molecular flexibility index (Phi) is 8.39. The number of nitrogens with one attached hydrogen (secondary N) is 2. The van der Waals surface area contributed by atoms with Crippen LogP contribution in [-0.4, -0.2) is 30.4 Å². The summed E-state index contributed by atoms with van der Waals surface area (Å²) in [6, 6.07) is -1.05. The van der Waals surface area contributed by atoms with Gasteiger partial charge in [-0.3, -0.25) is 9.59 Å². The van der Waals surface area contributed by atoms with E-state index in [9.17, 15) is 9.59 Å². The standard InChI is InChI=1S/C14H29N3O2/c1-6-16-14(19)12(8-10(4)5)17-13(18)11(15)7-9(2)3/h9-12H,6-8,15H2,1-5H3,(H,16,19)(H,17,18)/t11-,12-/m0/s1. The molecule has 19 heavy (non-hydrogen) atoms. The van der Waals surface area contributed by atoms with Gasteiger partial charge >= 0.3 is 0 Å². The molecule has 0 rings (SSSR count). The Morgan fingerprint density at radius 2 is 1.53 bits per heavy atom. The fourth-order valence-electron chi connectivity index (χ4n) is 1.89. The molecule has 2 amide bonds. The van der Waals surface area contributed by atoms with Gasteiger partial charge in [-0.25, -0.2) is 0 Å². The van der Waals surface area contributed by atoms with E-state index in [-0.39, 0.29) is 11.8 Å². The van der Waals surface area contributed by atoms with Crippen LogP contribution in [0.1, 0.15) is 47.5 Å². The number of carbonyl (C=O) groups excluding carboxylic acids is 2. The first-order valence-corrected chi connectivity index (χ1v) is 7.11. The Balaban J connectivity index is 4.53. The molecule has 5 nitrogen and oxygen atoms in total. The summed E-state index contributed by atoms with van der Waals surface area (Å²) in [4.78, 5) is 23.9. The minimum Gasteiger partial charge on any atom is -0.355 e. The molecule has 0 aliphatic heterocycles. The Bertz CT molecular complexity index is 290. The lowest BCUT2D eigenvalue weighted by Gasteiger charge is -2.22. The summed E-state index contributed by atoms with van der Waals surface area (Å²) in [6.45, 7) is 10.5. The SMILES string of the molecule is CCNC(=O)[C@H](CC(C)C)NC(=O)[C@@H](N)CC(C)C. The van der Waals surface area contributed by atoms with Crippen molar-refractivity contribution in [3.8, 4) is 0 Å². The summed E-state index contributed by atoms with van der Waals surface area (Å²) < 4.78 is 0. The third-order valence-electron chi connectivity index (χ3n) is 2.75. The molecule has 0 aromatic rings. The number of hydrogen-bond donors (Lipinski definition) is 3. The maximum absolute atomic E-state index is 12.0. The molecule has 0 fully saturated rings. The van der Waals surface area contributed by atoms with E-state index in [0.29, 0.717) is 31.2 Å². The largest absolute Gasteiger partial charge is 0.355 e. The number of carbonyl (C=O) groups is 2. The highest BCUT2D eigenvalue weighted by Gasteiger charge is 2.24. The van der Waals surface area contributed by atoms with Crippen molar-refractivity contribution in [2.75, 3.05) is 6.54 Å². The van der Waals surface area contributed by atoms with Gasteiger partial charge in [0, 0.05) is 6.54 Å². The highest BCUT2D eigenvalue weighted by Crippen LogP contribution is 2.07. The normalized spacial score (nSPS) is 14.3. The van der Waals surface area contributed by atoms with Crippen LogP contribution >= 0.6 is 0 Å². The second-order valence-electron chi connectivity index (χ2n) is 5.82. The molecule has 112 valence electrons. The maximum atomic E-state index is 12.0. The molecule has 0 heterocycles. The van der Waals surface area contributed by atoms with Crippen molar-refractivity contribution in [3.05, 3.63) is 0 Å². The third kappa shape index (κ3) is 7.82. The lowest BCUT2D eigenvalue weighted by molar-refractivity contribution is -0.130. The first-order chi connectivity index (χ1) is 8.77. The van der Waals surface area contributed by atoms with Gasteiger partial charge < -0.3 is 16.4 Å². The van der Waals surface area contributed by atoms with Crippen molar-refractivity contribution in [2.24, 2.45) is 17.6 Å². The molecule has 0 aliphatic carbocycles. The van der Waals surface area contributed by atoms with E-state index in [0.717, 1.165) is 0 Å². The van der Waals surface area contributed by atoms with Gasteiger partial charge in [-0.15, -0.1) is 0 Å². The van der Waals surface area contributed by atoms with Gasteiger partial charge in [-0.1, -0.05) is 27.7 Å². The van der Waals surface area contributed by atoms with Crippen LogP contribution in [0.5, 0.6) is 0 Å². The average Bonchev–Trinajstić information content (AvgIpc) is 2.26. The van der Waals surface area contributed by atoms with E-state index in [1.165, 1.54) is 0 Å². The summed E-state index contributed by atoms with van der Waals surface area (Å²) in [5, 5.41) is 5.50. The fourth-order valence-corrected chi connectivity index (χ4v) is 1.89. The molecule has 4 N–H and O–H groups in total. The fraction of sp³-hybridized carbons (Fsp3) is 0.857. The van der Waals surface area contributed by atoms with Crippen molar-refractivity contribution in [1.82, 2.24) is 10.6 Å². The quantitative estimate of drug-likeness (QED) is 0.616. The first-order valence-electron chi connectivity index (χ1n) is 7.11. The van der Waals surface area contributed by atoms with Crippen molar-refractivity contribution in [1.29, 1.82) is 0 Å². The predicted molar refractivity (Wildman–Crippen MR) is 77.5 cm³/mol. The van der Waals surface area contributed by atoms with E-state index in [1.807, 2.05) is 34.6 Å². The monoisotopic (exact) mass is 271 g/mol. The lowest BCUT2D eigenvalue weighted by Crippen LogP contribution is -2.52. The van der Waals surface area contributed by atoms with Crippen molar-refractivity contribution < 1.29 is 9.59 Å². The van der Waals surface area contributed by atoms with E-state index in [1.54, 1.807) is 0 Å². The van der Waals surface area contributed by atoms with Crippen LogP contribution in [0.4, 0.5) is 0 Å². The van der Waals surface area contributed by atoms with Crippen molar-refractivity contribution >= 4 is 11.8 Å². The second kappa shape index (κ2) is 8.91. The summed E-state index contributed by atoms with van der Waals surface area (Å²) in [5.41, 5.74) is 5.83. The molecule has 0 saturated heterocycles. The third-order valence-corrected chi connectivity index (χ3v) is 2.75. The minimum atomic E-state index is -0.552. The summed E-state index contributed by atoms with van der Waals surface area (Å²) in [5.74, 6) is 0.301. The van der Waals surface area contributed by atoms with E-state index >= 15 is 0 Å². The van der Waals surface area contributed by atoms with Crippen LogP contribution in [0, 0.1) is 11.8 Å². The molecule has 2 atom stereocenters. The zero-order valence-corrected chi connectivity index (χ0v) is 12.8. The molecule has 0 bridgehead atoms. The minimum absolute atomic E-state index is 0.138. The number of hydrogen-bond acceptors (Lipinski definition) is 3. The Hall–Kier alpha value is -1.10. The van der Waals surface area contributed by atoms with Crippen LogP contribution in [0.2, 0.25) is 0 Å². The van der Waals surface area contributed by atoms with E-state index in [2.05, 4.69) is 10.6 Å². The number of nitrogens with two attached hydrogens (primary N) is 1. The molecular weight excluding hydrogens is 242 g/mol. The van der Waals surface area contributed by atoms with Gasteiger partial charge in [0.2, 0.25) is 11.8 Å². The summed E-state index contributed by atoms with van der Waals surface area (Å²) in [6.07, 6.45) is 1.24. The van der Waals surface area contributed by atoms with Crippen molar-refractivity contribution in [3.63, 3.8) is 0 Å². The second-order valence-corrected chi connectivity index (χ2v) is 5.82. The Morgan fingerprint density at radius 1 is 1.00 bits per heavy atom. The highest BCUT2D eigenvalue weighted by molar-refractivity contribution is 5.89. The van der Waals surface area contributed by atoms with Crippen LogP contribution in [0.25, 0.3) is 0 Å². The lowest BCUT2D eigenvalue weighted by atomic mass is 10.0. The smallest absolute Gasteiger partial charge is 0.242 e. The maximum Gasteiger partial charge on any atom is 0.242 e. The summed E-state index contributed by atoms with van der Waals surface area (Å²) >= 11 is 0. The molecule has 0 spiro atoms. The molecule has 0 saturated carbocycles. The predicted octanol–water partition coefficient (Wildman–Crippen LogP) is 1.03. The molecule has 5 heteroatoms. The molecule has 0 aromatic heterocycles. The zero-order chi connectivity index (χ0) is 15.0. The van der Waals surface area contributed by atoms with Crippen LogP contribution in [0.15, 0.2) is 0 Å². The number of amides is 2. The zero-order valence-electron chi connectivity index (χ0n) is 12.8. The van der Waals surface area contributed by atoms with Gasteiger partial charge in [0.15, 0.2) is 0 Å². The van der Waals surface area contributed by atoms with Gasteiger partial charge in [-0.2, -0.15) is 0 Å². The first kappa shape index (κ1) is 17.9. The molecule has 0 aliphatic rings. The van der Waals surface area contributed by atoms with Gasteiger partial charge in [0.25, 0.3) is 0 Å². The van der Waals surface area contributed by atoms with Gasteiger partial charge in [0.1, 0.15) is 6.04 Å². The molecule has 0 radical (unpaired) electrons. The van der Waals surface area contributed by atoms with Gasteiger partial charge in [0.05, 0.1) is 6.04 Å². The van der Waals surface area contributed by atoms with Crippen molar-refractivity contribution in [2.45, 2.75) is 59.5 Å². The number of rotatable bonds is 8. The average molecular weight is 271 g/mol. The van der Waals surface area contributed by atoms with Crippen LogP contribution < -0.4 is 16.4 Å². The van der Waals surface area contributed by atoms with Crippen LogP contribution in [0.3, 0.4) is 0 Å². The summed E-state index contributed by atoms with van der Waals surface area (Å²) in [7, 11) is 0. The Labute approximate surface area is 116 Å². The van der Waals surface area contributed by atoms with Crippen LogP contribution in [-0.2, 0) is 9.59 Å². The highest BCUT2D eigenvalue weighted by atomic mass is 16.2. The topological polar surface area (TPSA) is 84.2 Å².